The van der Waals surface area contributed by atoms with Gasteiger partial charge >= 0.3 is 0 Å². The first-order valence-corrected chi connectivity index (χ1v) is 6.44. The Hall–Kier alpha value is -1.30. The van der Waals surface area contributed by atoms with Crippen molar-refractivity contribution < 1.29 is 4.79 Å². The SMILES string of the molecule is CCNc1nc(C)cc(SCC(=O)N(C)C)n1. The van der Waals surface area contributed by atoms with E-state index in [2.05, 4.69) is 15.3 Å². The molecule has 1 N–H and O–H groups in total. The molecule has 0 saturated heterocycles. The van der Waals surface area contributed by atoms with Crippen molar-refractivity contribution in [1.29, 1.82) is 0 Å². The zero-order valence-electron chi connectivity index (χ0n) is 10.6. The van der Waals surface area contributed by atoms with Gasteiger partial charge in [0.1, 0.15) is 5.03 Å². The molecule has 0 aliphatic heterocycles. The molecule has 0 aromatic carbocycles. The molecule has 1 aromatic heterocycles. The van der Waals surface area contributed by atoms with Crippen LogP contribution in [-0.4, -0.2) is 47.2 Å². The Bertz CT molecular complexity index is 395. The van der Waals surface area contributed by atoms with E-state index in [1.54, 1.807) is 19.0 Å². The van der Waals surface area contributed by atoms with Crippen molar-refractivity contribution in [3.05, 3.63) is 11.8 Å². The lowest BCUT2D eigenvalue weighted by molar-refractivity contribution is -0.125. The number of aromatic nitrogens is 2. The van der Waals surface area contributed by atoms with E-state index >= 15 is 0 Å². The van der Waals surface area contributed by atoms with Gasteiger partial charge in [-0.25, -0.2) is 9.97 Å². The summed E-state index contributed by atoms with van der Waals surface area (Å²) in [6.45, 7) is 4.69. The number of thioether (sulfide) groups is 1. The molecule has 0 bridgehead atoms. The van der Waals surface area contributed by atoms with Crippen molar-refractivity contribution in [2.24, 2.45) is 0 Å². The first-order valence-electron chi connectivity index (χ1n) is 5.45. The van der Waals surface area contributed by atoms with E-state index in [0.717, 1.165) is 17.3 Å². The van der Waals surface area contributed by atoms with E-state index in [0.29, 0.717) is 11.7 Å². The van der Waals surface area contributed by atoms with Crippen LogP contribution in [0.2, 0.25) is 0 Å². The van der Waals surface area contributed by atoms with Crippen LogP contribution in [0, 0.1) is 6.92 Å². The second kappa shape index (κ2) is 6.44. The second-order valence-electron chi connectivity index (χ2n) is 3.78. The fraction of sp³-hybridized carbons (Fsp3) is 0.545. The third-order valence-corrected chi connectivity index (χ3v) is 2.90. The van der Waals surface area contributed by atoms with Crippen LogP contribution in [0.15, 0.2) is 11.1 Å². The van der Waals surface area contributed by atoms with Gasteiger partial charge in [0, 0.05) is 26.3 Å². The topological polar surface area (TPSA) is 58.1 Å². The van der Waals surface area contributed by atoms with Crippen molar-refractivity contribution in [3.8, 4) is 0 Å². The second-order valence-corrected chi connectivity index (χ2v) is 4.77. The molecule has 0 atom stereocenters. The zero-order chi connectivity index (χ0) is 12.8. The minimum absolute atomic E-state index is 0.0799. The van der Waals surface area contributed by atoms with Gasteiger partial charge in [0.15, 0.2) is 0 Å². The van der Waals surface area contributed by atoms with Gasteiger partial charge in [-0.1, -0.05) is 11.8 Å². The summed E-state index contributed by atoms with van der Waals surface area (Å²) in [5, 5.41) is 3.89. The number of hydrogen-bond donors (Lipinski definition) is 1. The summed E-state index contributed by atoms with van der Waals surface area (Å²) in [7, 11) is 3.50. The van der Waals surface area contributed by atoms with E-state index < -0.39 is 0 Å². The van der Waals surface area contributed by atoms with Crippen LogP contribution in [0.3, 0.4) is 0 Å². The van der Waals surface area contributed by atoms with Gasteiger partial charge in [0.2, 0.25) is 11.9 Å². The third kappa shape index (κ3) is 4.60. The van der Waals surface area contributed by atoms with Gasteiger partial charge in [0.25, 0.3) is 0 Å². The van der Waals surface area contributed by atoms with Crippen LogP contribution in [-0.2, 0) is 4.79 Å². The summed E-state index contributed by atoms with van der Waals surface area (Å²) in [6.07, 6.45) is 0. The first-order chi connectivity index (χ1) is 8.02. The molecule has 0 radical (unpaired) electrons. The quantitative estimate of drug-likeness (QED) is 0.636. The molecule has 0 unspecified atom stereocenters. The fourth-order valence-electron chi connectivity index (χ4n) is 1.12. The molecule has 0 fully saturated rings. The average Bonchev–Trinajstić information content (AvgIpc) is 2.25. The van der Waals surface area contributed by atoms with E-state index in [1.165, 1.54) is 11.8 Å². The molecule has 1 heterocycles. The Balaban J connectivity index is 2.67. The van der Waals surface area contributed by atoms with Crippen LogP contribution in [0.25, 0.3) is 0 Å². The van der Waals surface area contributed by atoms with Gasteiger partial charge in [-0.2, -0.15) is 0 Å². The van der Waals surface area contributed by atoms with Crippen LogP contribution < -0.4 is 5.32 Å². The zero-order valence-corrected chi connectivity index (χ0v) is 11.5. The Kier molecular flexibility index (Phi) is 5.21. The highest BCUT2D eigenvalue weighted by Crippen LogP contribution is 2.17. The van der Waals surface area contributed by atoms with Crippen LogP contribution in [0.4, 0.5) is 5.95 Å². The Morgan fingerprint density at radius 1 is 1.47 bits per heavy atom. The van der Waals surface area contributed by atoms with Gasteiger partial charge in [-0.15, -0.1) is 0 Å². The number of amides is 1. The number of carbonyl (C=O) groups excluding carboxylic acids is 1. The minimum Gasteiger partial charge on any atom is -0.354 e. The molecule has 94 valence electrons. The summed E-state index contributed by atoms with van der Waals surface area (Å²) in [6, 6.07) is 1.88. The van der Waals surface area contributed by atoms with E-state index in [9.17, 15) is 4.79 Å². The van der Waals surface area contributed by atoms with E-state index in [1.807, 2.05) is 19.9 Å². The highest BCUT2D eigenvalue weighted by Gasteiger charge is 2.07. The Labute approximate surface area is 106 Å². The molecule has 0 aliphatic carbocycles. The molecular weight excluding hydrogens is 236 g/mol. The maximum atomic E-state index is 11.5. The molecule has 0 aliphatic rings. The molecule has 0 spiro atoms. The maximum absolute atomic E-state index is 11.5. The minimum atomic E-state index is 0.0799. The fourth-order valence-corrected chi connectivity index (χ4v) is 2.05. The molecule has 17 heavy (non-hydrogen) atoms. The molecule has 5 nitrogen and oxygen atoms in total. The summed E-state index contributed by atoms with van der Waals surface area (Å²) >= 11 is 1.43. The molecule has 0 saturated carbocycles. The third-order valence-electron chi connectivity index (χ3n) is 2.01. The van der Waals surface area contributed by atoms with Gasteiger partial charge < -0.3 is 10.2 Å². The summed E-state index contributed by atoms with van der Waals surface area (Å²) in [4.78, 5) is 21.6. The average molecular weight is 254 g/mol. The molecule has 6 heteroatoms. The normalized spacial score (nSPS) is 10.1. The summed E-state index contributed by atoms with van der Waals surface area (Å²) in [5.74, 6) is 1.10. The number of nitrogens with zero attached hydrogens (tertiary/aromatic N) is 3. The lowest BCUT2D eigenvalue weighted by Gasteiger charge is -2.10. The molecule has 1 rings (SSSR count). The Morgan fingerprint density at radius 3 is 2.76 bits per heavy atom. The number of nitrogens with one attached hydrogen (secondary N) is 1. The molecular formula is C11H18N4OS. The van der Waals surface area contributed by atoms with E-state index in [-0.39, 0.29) is 5.91 Å². The van der Waals surface area contributed by atoms with Crippen molar-refractivity contribution in [2.45, 2.75) is 18.9 Å². The number of hydrogen-bond acceptors (Lipinski definition) is 5. The largest absolute Gasteiger partial charge is 0.354 e. The highest BCUT2D eigenvalue weighted by atomic mass is 32.2. The van der Waals surface area contributed by atoms with Crippen molar-refractivity contribution in [2.75, 3.05) is 31.7 Å². The predicted octanol–water partition coefficient (Wildman–Crippen LogP) is 1.40. The monoisotopic (exact) mass is 254 g/mol. The van der Waals surface area contributed by atoms with Gasteiger partial charge in [-0.05, 0) is 19.9 Å². The van der Waals surface area contributed by atoms with Crippen molar-refractivity contribution in [1.82, 2.24) is 14.9 Å². The van der Waals surface area contributed by atoms with Gasteiger partial charge in [-0.3, -0.25) is 4.79 Å². The number of carbonyl (C=O) groups is 1. The summed E-state index contributed by atoms with van der Waals surface area (Å²) in [5.41, 5.74) is 0.899. The first kappa shape index (κ1) is 13.8. The maximum Gasteiger partial charge on any atom is 0.232 e. The molecule has 1 amide bonds. The van der Waals surface area contributed by atoms with Crippen molar-refractivity contribution >= 4 is 23.6 Å². The lowest BCUT2D eigenvalue weighted by Crippen LogP contribution is -2.23. The Morgan fingerprint density at radius 2 is 2.18 bits per heavy atom. The molecule has 1 aromatic rings. The standard InChI is InChI=1S/C11H18N4OS/c1-5-12-11-13-8(2)6-9(14-11)17-7-10(16)15(3)4/h6H,5,7H2,1-4H3,(H,12,13,14). The summed E-state index contributed by atoms with van der Waals surface area (Å²) < 4.78 is 0. The lowest BCUT2D eigenvalue weighted by atomic mass is 10.5. The van der Waals surface area contributed by atoms with Crippen LogP contribution in [0.1, 0.15) is 12.6 Å². The number of aryl methyl sites for hydroxylation is 1. The number of rotatable bonds is 5. The predicted molar refractivity (Wildman–Crippen MR) is 70.4 cm³/mol. The highest BCUT2D eigenvalue weighted by molar-refractivity contribution is 7.99. The van der Waals surface area contributed by atoms with Crippen molar-refractivity contribution in [3.63, 3.8) is 0 Å². The smallest absolute Gasteiger partial charge is 0.232 e. The van der Waals surface area contributed by atoms with Crippen LogP contribution >= 0.6 is 11.8 Å². The van der Waals surface area contributed by atoms with E-state index in [4.69, 9.17) is 0 Å². The van der Waals surface area contributed by atoms with Crippen LogP contribution in [0.5, 0.6) is 0 Å². The van der Waals surface area contributed by atoms with Gasteiger partial charge in [0.05, 0.1) is 5.75 Å². The number of anilines is 1.